The summed E-state index contributed by atoms with van der Waals surface area (Å²) < 4.78 is 40.5. The summed E-state index contributed by atoms with van der Waals surface area (Å²) in [6.07, 6.45) is 0.968. The third kappa shape index (κ3) is 3.03. The summed E-state index contributed by atoms with van der Waals surface area (Å²) in [4.78, 5) is 11.8. The van der Waals surface area contributed by atoms with Gasteiger partial charge in [-0.3, -0.25) is 4.79 Å². The first-order valence-corrected chi connectivity index (χ1v) is 6.79. The minimum Gasteiger partial charge on any atom is -0.494 e. The molecule has 0 amide bonds. The van der Waals surface area contributed by atoms with E-state index in [0.717, 1.165) is 12.3 Å². The highest BCUT2D eigenvalue weighted by Crippen LogP contribution is 2.19. The largest absolute Gasteiger partial charge is 0.494 e. The average molecular weight is 260 g/mol. The van der Waals surface area contributed by atoms with Crippen LogP contribution in [-0.2, 0) is 9.84 Å². The van der Waals surface area contributed by atoms with Crippen molar-refractivity contribution in [3.63, 3.8) is 0 Å². The molecule has 94 valence electrons. The molecular formula is C11H13FO4S. The molecule has 1 rings (SSSR count). The second kappa shape index (κ2) is 4.83. The van der Waals surface area contributed by atoms with Crippen LogP contribution in [0.3, 0.4) is 0 Å². The zero-order valence-electron chi connectivity index (χ0n) is 9.73. The van der Waals surface area contributed by atoms with Crippen molar-refractivity contribution >= 4 is 15.6 Å². The Labute approximate surface area is 99.3 Å². The number of ketones is 1. The molecule has 1 atom stereocenters. The van der Waals surface area contributed by atoms with Crippen molar-refractivity contribution in [2.75, 3.05) is 13.4 Å². The lowest BCUT2D eigenvalue weighted by molar-refractivity contribution is 0.0991. The minimum absolute atomic E-state index is 0.00792. The molecule has 0 N–H and O–H groups in total. The third-order valence-corrected chi connectivity index (χ3v) is 3.95. The molecule has 0 heterocycles. The quantitative estimate of drug-likeness (QED) is 0.769. The molecule has 0 aliphatic rings. The molecule has 0 radical (unpaired) electrons. The molecule has 0 aromatic heterocycles. The molecule has 17 heavy (non-hydrogen) atoms. The first kappa shape index (κ1) is 13.6. The van der Waals surface area contributed by atoms with E-state index >= 15 is 0 Å². The molecule has 0 aliphatic heterocycles. The van der Waals surface area contributed by atoms with Crippen LogP contribution in [0.4, 0.5) is 4.39 Å². The molecule has 6 heteroatoms. The van der Waals surface area contributed by atoms with Crippen LogP contribution in [0, 0.1) is 5.82 Å². The topological polar surface area (TPSA) is 60.4 Å². The Morgan fingerprint density at radius 1 is 1.41 bits per heavy atom. The highest BCUT2D eigenvalue weighted by atomic mass is 32.2. The summed E-state index contributed by atoms with van der Waals surface area (Å²) in [5.74, 6) is -1.32. The summed E-state index contributed by atoms with van der Waals surface area (Å²) >= 11 is 0. The van der Waals surface area contributed by atoms with Crippen LogP contribution in [0.5, 0.6) is 5.75 Å². The summed E-state index contributed by atoms with van der Waals surface area (Å²) in [5.41, 5.74) is 0.0150. The molecule has 1 aromatic carbocycles. The first-order valence-electron chi connectivity index (χ1n) is 4.84. The van der Waals surface area contributed by atoms with E-state index in [1.165, 1.54) is 26.2 Å². The lowest BCUT2D eigenvalue weighted by Gasteiger charge is -2.09. The molecule has 0 saturated heterocycles. The fourth-order valence-corrected chi connectivity index (χ4v) is 1.77. The van der Waals surface area contributed by atoms with Gasteiger partial charge in [0, 0.05) is 11.8 Å². The Kier molecular flexibility index (Phi) is 3.87. The van der Waals surface area contributed by atoms with Crippen molar-refractivity contribution in [2.45, 2.75) is 12.2 Å². The maximum Gasteiger partial charge on any atom is 0.180 e. The second-order valence-electron chi connectivity index (χ2n) is 3.69. The predicted octanol–water partition coefficient (Wildman–Crippen LogP) is 1.45. The van der Waals surface area contributed by atoms with Gasteiger partial charge in [-0.15, -0.1) is 0 Å². The predicted molar refractivity (Wildman–Crippen MR) is 61.6 cm³/mol. The van der Waals surface area contributed by atoms with Crippen molar-refractivity contribution in [3.8, 4) is 5.75 Å². The molecule has 0 fully saturated rings. The normalized spacial score (nSPS) is 13.2. The van der Waals surface area contributed by atoms with Crippen molar-refractivity contribution in [1.82, 2.24) is 0 Å². The van der Waals surface area contributed by atoms with Gasteiger partial charge < -0.3 is 4.74 Å². The van der Waals surface area contributed by atoms with Crippen molar-refractivity contribution in [2.24, 2.45) is 0 Å². The lowest BCUT2D eigenvalue weighted by Crippen LogP contribution is -2.26. The van der Waals surface area contributed by atoms with Crippen molar-refractivity contribution in [3.05, 3.63) is 29.6 Å². The minimum atomic E-state index is -3.48. The van der Waals surface area contributed by atoms with Gasteiger partial charge in [0.2, 0.25) is 0 Å². The van der Waals surface area contributed by atoms with E-state index in [-0.39, 0.29) is 11.3 Å². The Morgan fingerprint density at radius 3 is 2.41 bits per heavy atom. The van der Waals surface area contributed by atoms with Crippen molar-refractivity contribution < 1.29 is 22.3 Å². The van der Waals surface area contributed by atoms with Crippen LogP contribution in [0.15, 0.2) is 18.2 Å². The lowest BCUT2D eigenvalue weighted by atomic mass is 10.1. The SMILES string of the molecule is COc1ccc(C(=O)C(C)S(C)(=O)=O)cc1F. The highest BCUT2D eigenvalue weighted by Gasteiger charge is 2.25. The Bertz CT molecular complexity index is 536. The maximum absolute atomic E-state index is 13.3. The number of hydrogen-bond donors (Lipinski definition) is 0. The number of halogens is 1. The highest BCUT2D eigenvalue weighted by molar-refractivity contribution is 7.92. The molecular weight excluding hydrogens is 247 g/mol. The van der Waals surface area contributed by atoms with Crippen LogP contribution in [0.25, 0.3) is 0 Å². The summed E-state index contributed by atoms with van der Waals surface area (Å²) in [6, 6.07) is 3.60. The van der Waals surface area contributed by atoms with Crippen LogP contribution in [-0.4, -0.2) is 32.8 Å². The third-order valence-electron chi connectivity index (χ3n) is 2.45. The number of sulfone groups is 1. The van der Waals surface area contributed by atoms with E-state index in [1.807, 2.05) is 0 Å². The Hall–Kier alpha value is -1.43. The van der Waals surface area contributed by atoms with Gasteiger partial charge in [-0.2, -0.15) is 0 Å². The number of benzene rings is 1. The fourth-order valence-electron chi connectivity index (χ4n) is 1.25. The number of carbonyl (C=O) groups excluding carboxylic acids is 1. The van der Waals surface area contributed by atoms with E-state index in [0.29, 0.717) is 0 Å². The van der Waals surface area contributed by atoms with Gasteiger partial charge in [-0.1, -0.05) is 0 Å². The number of methoxy groups -OCH3 is 1. The van der Waals surface area contributed by atoms with Gasteiger partial charge in [0.15, 0.2) is 27.2 Å². The van der Waals surface area contributed by atoms with E-state index in [9.17, 15) is 17.6 Å². The van der Waals surface area contributed by atoms with E-state index in [2.05, 4.69) is 0 Å². The molecule has 1 aromatic rings. The van der Waals surface area contributed by atoms with Crippen LogP contribution in [0.1, 0.15) is 17.3 Å². The number of rotatable bonds is 4. The Balaban J connectivity index is 3.10. The zero-order valence-corrected chi connectivity index (χ0v) is 10.5. The van der Waals surface area contributed by atoms with Gasteiger partial charge >= 0.3 is 0 Å². The Morgan fingerprint density at radius 2 is 2.00 bits per heavy atom. The summed E-state index contributed by atoms with van der Waals surface area (Å²) in [5, 5.41) is -1.18. The summed E-state index contributed by atoms with van der Waals surface area (Å²) in [7, 11) is -2.18. The number of hydrogen-bond acceptors (Lipinski definition) is 4. The van der Waals surface area contributed by atoms with Crippen LogP contribution < -0.4 is 4.74 Å². The smallest absolute Gasteiger partial charge is 0.180 e. The van der Waals surface area contributed by atoms with Gasteiger partial charge in [-0.05, 0) is 25.1 Å². The van der Waals surface area contributed by atoms with E-state index < -0.39 is 26.7 Å². The molecule has 0 saturated carbocycles. The summed E-state index contributed by atoms with van der Waals surface area (Å²) in [6.45, 7) is 1.28. The average Bonchev–Trinajstić information content (AvgIpc) is 2.25. The number of carbonyl (C=O) groups is 1. The van der Waals surface area contributed by atoms with Gasteiger partial charge in [0.1, 0.15) is 5.25 Å². The monoisotopic (exact) mass is 260 g/mol. The molecule has 4 nitrogen and oxygen atoms in total. The van der Waals surface area contributed by atoms with Crippen LogP contribution in [0.2, 0.25) is 0 Å². The number of ether oxygens (including phenoxy) is 1. The molecule has 1 unspecified atom stereocenters. The maximum atomic E-state index is 13.3. The van der Waals surface area contributed by atoms with E-state index in [1.54, 1.807) is 0 Å². The standard InChI is InChI=1S/C11H13FO4S/c1-7(17(3,14)15)11(13)8-4-5-10(16-2)9(12)6-8/h4-7H,1-3H3. The first-order chi connectivity index (χ1) is 7.77. The van der Waals surface area contributed by atoms with E-state index in [4.69, 9.17) is 4.74 Å². The van der Waals surface area contributed by atoms with Crippen LogP contribution >= 0.6 is 0 Å². The molecule has 0 spiro atoms. The zero-order chi connectivity index (χ0) is 13.2. The number of Topliss-reactive ketones (excluding diaryl/α,β-unsaturated/α-hetero) is 1. The van der Waals surface area contributed by atoms with Gasteiger partial charge in [0.05, 0.1) is 7.11 Å². The fraction of sp³-hybridized carbons (Fsp3) is 0.364. The van der Waals surface area contributed by atoms with Crippen molar-refractivity contribution in [1.29, 1.82) is 0 Å². The van der Waals surface area contributed by atoms with Gasteiger partial charge in [-0.25, -0.2) is 12.8 Å². The second-order valence-corrected chi connectivity index (χ2v) is 6.05. The molecule has 0 bridgehead atoms. The molecule has 0 aliphatic carbocycles. The van der Waals surface area contributed by atoms with Gasteiger partial charge in [0.25, 0.3) is 0 Å².